The highest BCUT2D eigenvalue weighted by Gasteiger charge is 2.24. The molecule has 1 heterocycles. The predicted octanol–water partition coefficient (Wildman–Crippen LogP) is 1.83. The van der Waals surface area contributed by atoms with Crippen molar-refractivity contribution in [2.75, 3.05) is 20.5 Å². The second-order valence-corrected chi connectivity index (χ2v) is 5.04. The van der Waals surface area contributed by atoms with E-state index in [-0.39, 0.29) is 24.8 Å². The van der Waals surface area contributed by atoms with Crippen molar-refractivity contribution in [3.63, 3.8) is 0 Å². The summed E-state index contributed by atoms with van der Waals surface area (Å²) in [7, 11) is 1.43. The van der Waals surface area contributed by atoms with Crippen LogP contribution in [0.3, 0.4) is 0 Å². The molecule has 1 aromatic rings. The van der Waals surface area contributed by atoms with E-state index >= 15 is 0 Å². The van der Waals surface area contributed by atoms with Gasteiger partial charge in [-0.25, -0.2) is 9.59 Å². The maximum atomic E-state index is 11.9. The highest BCUT2D eigenvalue weighted by Crippen LogP contribution is 2.18. The third kappa shape index (κ3) is 5.07. The number of esters is 1. The van der Waals surface area contributed by atoms with Crippen LogP contribution in [0.5, 0.6) is 5.88 Å². The van der Waals surface area contributed by atoms with Gasteiger partial charge in [-0.15, -0.1) is 5.10 Å². The van der Waals surface area contributed by atoms with E-state index in [9.17, 15) is 9.59 Å². The molecule has 1 aromatic heterocycles. The van der Waals surface area contributed by atoms with E-state index in [2.05, 4.69) is 5.10 Å². The third-order valence-corrected chi connectivity index (χ3v) is 2.07. The van der Waals surface area contributed by atoms with E-state index in [0.717, 1.165) is 4.68 Å². The average molecular weight is 300 g/mol. The number of rotatable bonds is 5. The number of carbonyl (C=O) groups excluding carboxylic acids is 2. The molecular formula is C13H20N2O6. The Morgan fingerprint density at radius 1 is 1.33 bits per heavy atom. The van der Waals surface area contributed by atoms with Crippen LogP contribution in [-0.2, 0) is 14.2 Å². The number of hydrogen-bond acceptors (Lipinski definition) is 7. The maximum absolute atomic E-state index is 11.9. The minimum atomic E-state index is -0.722. The van der Waals surface area contributed by atoms with Gasteiger partial charge in [0.15, 0.2) is 6.79 Å². The Morgan fingerprint density at radius 3 is 2.52 bits per heavy atom. The van der Waals surface area contributed by atoms with Gasteiger partial charge in [-0.2, -0.15) is 4.68 Å². The minimum absolute atomic E-state index is 0.0276. The van der Waals surface area contributed by atoms with Crippen LogP contribution >= 0.6 is 0 Å². The Bertz CT molecular complexity index is 503. The first kappa shape index (κ1) is 17.0. The van der Waals surface area contributed by atoms with E-state index in [0.29, 0.717) is 0 Å². The van der Waals surface area contributed by atoms with Crippen molar-refractivity contribution in [2.45, 2.75) is 33.3 Å². The molecule has 8 heteroatoms. The van der Waals surface area contributed by atoms with Crippen molar-refractivity contribution in [3.8, 4) is 5.88 Å². The van der Waals surface area contributed by atoms with Crippen molar-refractivity contribution in [2.24, 2.45) is 0 Å². The molecule has 0 aromatic carbocycles. The molecule has 0 aliphatic heterocycles. The fourth-order valence-corrected chi connectivity index (χ4v) is 1.33. The van der Waals surface area contributed by atoms with Gasteiger partial charge in [-0.1, -0.05) is 0 Å². The fraction of sp³-hybridized carbons (Fsp3) is 0.615. The predicted molar refractivity (Wildman–Crippen MR) is 72.3 cm³/mol. The molecule has 1 rings (SSSR count). The average Bonchev–Trinajstić information content (AvgIpc) is 2.78. The molecule has 0 saturated carbocycles. The molecule has 0 bridgehead atoms. The number of hydrogen-bond donors (Lipinski definition) is 0. The van der Waals surface area contributed by atoms with Crippen LogP contribution in [0.4, 0.5) is 4.79 Å². The summed E-state index contributed by atoms with van der Waals surface area (Å²) in [5.41, 5.74) is -0.652. The first-order chi connectivity index (χ1) is 9.78. The first-order valence-corrected chi connectivity index (χ1v) is 6.40. The van der Waals surface area contributed by atoms with Gasteiger partial charge in [0.25, 0.3) is 0 Å². The Labute approximate surface area is 122 Å². The molecule has 0 radical (unpaired) electrons. The molecule has 0 fully saturated rings. The lowest BCUT2D eigenvalue weighted by Gasteiger charge is -2.18. The largest absolute Gasteiger partial charge is 0.462 e. The van der Waals surface area contributed by atoms with Gasteiger partial charge in [-0.3, -0.25) is 0 Å². The normalized spacial score (nSPS) is 11.1. The van der Waals surface area contributed by atoms with E-state index in [4.69, 9.17) is 18.9 Å². The van der Waals surface area contributed by atoms with Gasteiger partial charge >= 0.3 is 12.1 Å². The third-order valence-electron chi connectivity index (χ3n) is 2.07. The Hall–Kier alpha value is -2.09. The maximum Gasteiger partial charge on any atom is 0.435 e. The van der Waals surface area contributed by atoms with Crippen LogP contribution in [0.2, 0.25) is 0 Å². The van der Waals surface area contributed by atoms with Crippen LogP contribution in [0, 0.1) is 0 Å². The Kier molecular flexibility index (Phi) is 5.71. The zero-order valence-electron chi connectivity index (χ0n) is 12.8. The fourth-order valence-electron chi connectivity index (χ4n) is 1.33. The minimum Gasteiger partial charge on any atom is -0.462 e. The molecule has 0 spiro atoms. The van der Waals surface area contributed by atoms with Crippen LogP contribution < -0.4 is 4.74 Å². The number of aromatic nitrogens is 2. The molecule has 8 nitrogen and oxygen atoms in total. The van der Waals surface area contributed by atoms with Crippen LogP contribution in [0.1, 0.15) is 38.1 Å². The summed E-state index contributed by atoms with van der Waals surface area (Å²) in [4.78, 5) is 23.7. The molecule has 118 valence electrons. The molecule has 0 aliphatic rings. The highest BCUT2D eigenvalue weighted by molar-refractivity contribution is 5.92. The second-order valence-electron chi connectivity index (χ2n) is 5.04. The van der Waals surface area contributed by atoms with Crippen molar-refractivity contribution in [1.29, 1.82) is 0 Å². The first-order valence-electron chi connectivity index (χ1n) is 6.40. The number of nitrogens with zero attached hydrogens (tertiary/aromatic N) is 2. The van der Waals surface area contributed by atoms with Crippen molar-refractivity contribution in [3.05, 3.63) is 11.8 Å². The quantitative estimate of drug-likeness (QED) is 0.605. The lowest BCUT2D eigenvalue weighted by atomic mass is 10.2. The van der Waals surface area contributed by atoms with Crippen molar-refractivity contribution >= 4 is 12.1 Å². The van der Waals surface area contributed by atoms with Crippen LogP contribution in [-0.4, -0.2) is 48.0 Å². The summed E-state index contributed by atoms with van der Waals surface area (Å²) in [6.07, 6.45) is 0.483. The molecule has 21 heavy (non-hydrogen) atoms. The second kappa shape index (κ2) is 7.07. The van der Waals surface area contributed by atoms with Crippen molar-refractivity contribution in [1.82, 2.24) is 9.78 Å². The van der Waals surface area contributed by atoms with E-state index < -0.39 is 17.7 Å². The summed E-state index contributed by atoms with van der Waals surface area (Å²) in [6, 6.07) is 0. The Balaban J connectivity index is 3.01. The number of ether oxygens (including phenoxy) is 4. The number of carbonyl (C=O) groups is 2. The summed E-state index contributed by atoms with van der Waals surface area (Å²) >= 11 is 0. The van der Waals surface area contributed by atoms with E-state index in [1.54, 1.807) is 27.7 Å². The van der Waals surface area contributed by atoms with Gasteiger partial charge in [0.05, 0.1) is 12.8 Å². The molecule has 0 saturated heterocycles. The van der Waals surface area contributed by atoms with Crippen molar-refractivity contribution < 1.29 is 28.5 Å². The van der Waals surface area contributed by atoms with E-state index in [1.165, 1.54) is 13.3 Å². The van der Waals surface area contributed by atoms with E-state index in [1.807, 2.05) is 0 Å². The lowest BCUT2D eigenvalue weighted by Crippen LogP contribution is -2.27. The van der Waals surface area contributed by atoms with Gasteiger partial charge in [0, 0.05) is 7.11 Å². The van der Waals surface area contributed by atoms with Gasteiger partial charge in [-0.05, 0) is 27.7 Å². The van der Waals surface area contributed by atoms with Crippen LogP contribution in [0.25, 0.3) is 0 Å². The summed E-state index contributed by atoms with van der Waals surface area (Å²) in [5.74, 6) is -0.695. The SMILES string of the molecule is CCOC(=O)c1cn(C(=O)OC(C)(C)C)nc1OCOC. The molecule has 0 unspecified atom stereocenters. The summed E-state index contributed by atoms with van der Waals surface area (Å²) < 4.78 is 20.8. The molecule has 0 N–H and O–H groups in total. The van der Waals surface area contributed by atoms with Gasteiger partial charge < -0.3 is 18.9 Å². The standard InChI is InChI=1S/C13H20N2O6/c1-6-19-11(16)9-7-15(12(17)21-13(2,3)4)14-10(9)20-8-18-5/h7H,6,8H2,1-5H3. The zero-order valence-corrected chi connectivity index (χ0v) is 12.8. The highest BCUT2D eigenvalue weighted by atomic mass is 16.7. The Morgan fingerprint density at radius 2 is 2.00 bits per heavy atom. The zero-order chi connectivity index (χ0) is 16.0. The van der Waals surface area contributed by atoms with Crippen LogP contribution in [0.15, 0.2) is 6.20 Å². The number of methoxy groups -OCH3 is 1. The monoisotopic (exact) mass is 300 g/mol. The van der Waals surface area contributed by atoms with Gasteiger partial charge in [0.1, 0.15) is 11.2 Å². The smallest absolute Gasteiger partial charge is 0.435 e. The summed E-state index contributed by atoms with van der Waals surface area (Å²) in [5, 5.41) is 3.87. The molecule has 0 aliphatic carbocycles. The summed E-state index contributed by atoms with van der Waals surface area (Å²) in [6.45, 7) is 6.93. The molecule has 0 amide bonds. The molecule has 0 atom stereocenters. The molecular weight excluding hydrogens is 280 g/mol. The van der Waals surface area contributed by atoms with Gasteiger partial charge in [0.2, 0.25) is 5.88 Å². The lowest BCUT2D eigenvalue weighted by molar-refractivity contribution is 0.0396. The topological polar surface area (TPSA) is 88.9 Å².